The molecule has 1 heterocycles. The zero-order valence-corrected chi connectivity index (χ0v) is 20.2. The van der Waals surface area contributed by atoms with Crippen molar-refractivity contribution in [3.8, 4) is 11.4 Å². The van der Waals surface area contributed by atoms with E-state index in [9.17, 15) is 9.59 Å². The first kappa shape index (κ1) is 23.3. The van der Waals surface area contributed by atoms with Gasteiger partial charge in [-0.05, 0) is 42.7 Å². The Kier molecular flexibility index (Phi) is 6.77. The first-order valence-corrected chi connectivity index (χ1v) is 11.7. The molecular formula is C25H25Cl2N3O3. The van der Waals surface area contributed by atoms with Crippen molar-refractivity contribution in [3.05, 3.63) is 79.7 Å². The van der Waals surface area contributed by atoms with Gasteiger partial charge < -0.3 is 10.1 Å². The van der Waals surface area contributed by atoms with Gasteiger partial charge in [-0.1, -0.05) is 54.4 Å². The summed E-state index contributed by atoms with van der Waals surface area (Å²) < 4.78 is 7.20. The summed E-state index contributed by atoms with van der Waals surface area (Å²) in [4.78, 5) is 30.2. The standard InChI is InChI=1S/C25H25Cl2N3O3/c1-4-20-23(29-22-17-9-7-6-8-15(17)12-21(22)33-14(3)31)25(32)30(5-2)24(28-20)18-11-10-16(26)13-19(18)27/h6-11,13,21-22,29H,4-5,12H2,1-3H3/t21-,22-/m0/s1. The number of carbonyl (C=O) groups excluding carboxylic acids is 1. The smallest absolute Gasteiger partial charge is 0.302 e. The van der Waals surface area contributed by atoms with Gasteiger partial charge in [-0.25, -0.2) is 4.98 Å². The van der Waals surface area contributed by atoms with Crippen molar-refractivity contribution in [3.63, 3.8) is 0 Å². The summed E-state index contributed by atoms with van der Waals surface area (Å²) in [6.07, 6.45) is 0.708. The van der Waals surface area contributed by atoms with Crippen molar-refractivity contribution in [2.75, 3.05) is 5.32 Å². The molecule has 8 heteroatoms. The van der Waals surface area contributed by atoms with Gasteiger partial charge in [0.15, 0.2) is 0 Å². The van der Waals surface area contributed by atoms with Crippen LogP contribution in [0, 0.1) is 0 Å². The Morgan fingerprint density at radius 3 is 2.64 bits per heavy atom. The largest absolute Gasteiger partial charge is 0.460 e. The van der Waals surface area contributed by atoms with Gasteiger partial charge in [0.05, 0.1) is 16.8 Å². The Balaban J connectivity index is 1.83. The lowest BCUT2D eigenvalue weighted by molar-refractivity contribution is -0.146. The Bertz CT molecular complexity index is 1270. The molecule has 1 aliphatic carbocycles. The number of hydrogen-bond donors (Lipinski definition) is 1. The van der Waals surface area contributed by atoms with Crippen molar-refractivity contribution < 1.29 is 9.53 Å². The van der Waals surface area contributed by atoms with Gasteiger partial charge in [0, 0.05) is 30.5 Å². The predicted octanol–water partition coefficient (Wildman–Crippen LogP) is 5.44. The molecule has 0 spiro atoms. The monoisotopic (exact) mass is 485 g/mol. The minimum Gasteiger partial charge on any atom is -0.460 e. The first-order valence-electron chi connectivity index (χ1n) is 10.9. The van der Waals surface area contributed by atoms with E-state index in [4.69, 9.17) is 32.9 Å². The van der Waals surface area contributed by atoms with E-state index in [1.54, 1.807) is 22.8 Å². The van der Waals surface area contributed by atoms with E-state index in [0.29, 0.717) is 52.2 Å². The third-order valence-corrected chi connectivity index (χ3v) is 6.42. The van der Waals surface area contributed by atoms with Crippen molar-refractivity contribution in [2.24, 2.45) is 0 Å². The molecule has 33 heavy (non-hydrogen) atoms. The molecule has 172 valence electrons. The van der Waals surface area contributed by atoms with Gasteiger partial charge in [-0.2, -0.15) is 0 Å². The first-order chi connectivity index (χ1) is 15.8. The number of hydrogen-bond acceptors (Lipinski definition) is 5. The number of carbonyl (C=O) groups is 1. The van der Waals surface area contributed by atoms with Crippen molar-refractivity contribution in [1.29, 1.82) is 0 Å². The molecule has 0 saturated carbocycles. The molecule has 0 aliphatic heterocycles. The third kappa shape index (κ3) is 4.50. The SMILES string of the molecule is CCc1nc(-c2ccc(Cl)cc2Cl)n(CC)c(=O)c1N[C@H]1c2ccccc2C[C@@H]1OC(C)=O. The molecule has 0 fully saturated rings. The lowest BCUT2D eigenvalue weighted by Crippen LogP contribution is -2.32. The molecular weight excluding hydrogens is 461 g/mol. The van der Waals surface area contributed by atoms with Gasteiger partial charge >= 0.3 is 5.97 Å². The maximum absolute atomic E-state index is 13.7. The van der Waals surface area contributed by atoms with Gasteiger partial charge in [0.1, 0.15) is 17.6 Å². The second kappa shape index (κ2) is 9.57. The van der Waals surface area contributed by atoms with Crippen LogP contribution in [-0.2, 0) is 28.9 Å². The number of aryl methyl sites for hydroxylation is 1. The summed E-state index contributed by atoms with van der Waals surface area (Å²) in [5.41, 5.74) is 3.58. The fourth-order valence-electron chi connectivity index (χ4n) is 4.38. The van der Waals surface area contributed by atoms with E-state index in [-0.39, 0.29) is 17.6 Å². The molecule has 3 aromatic rings. The molecule has 2 aromatic carbocycles. The lowest BCUT2D eigenvalue weighted by Gasteiger charge is -2.24. The summed E-state index contributed by atoms with van der Waals surface area (Å²) in [5, 5.41) is 4.33. The van der Waals surface area contributed by atoms with E-state index in [2.05, 4.69) is 5.32 Å². The Morgan fingerprint density at radius 2 is 1.97 bits per heavy atom. The molecule has 1 aliphatic rings. The second-order valence-corrected chi connectivity index (χ2v) is 8.80. The normalized spacial score (nSPS) is 17.0. The van der Waals surface area contributed by atoms with Crippen LogP contribution < -0.4 is 10.9 Å². The minimum absolute atomic E-state index is 0.198. The minimum atomic E-state index is -0.413. The van der Waals surface area contributed by atoms with Crippen LogP contribution in [0.2, 0.25) is 10.0 Å². The van der Waals surface area contributed by atoms with Crippen LogP contribution in [0.15, 0.2) is 47.3 Å². The highest BCUT2D eigenvalue weighted by Crippen LogP contribution is 2.36. The number of esters is 1. The zero-order valence-electron chi connectivity index (χ0n) is 18.7. The quantitative estimate of drug-likeness (QED) is 0.470. The summed E-state index contributed by atoms with van der Waals surface area (Å²) in [5.74, 6) is 0.141. The predicted molar refractivity (Wildman–Crippen MR) is 131 cm³/mol. The topological polar surface area (TPSA) is 73.2 Å². The van der Waals surface area contributed by atoms with Crippen LogP contribution in [-0.4, -0.2) is 21.6 Å². The fraction of sp³-hybridized carbons (Fsp3) is 0.320. The van der Waals surface area contributed by atoms with E-state index < -0.39 is 6.10 Å². The van der Waals surface area contributed by atoms with Gasteiger partial charge in [0.2, 0.25) is 0 Å². The molecule has 2 atom stereocenters. The van der Waals surface area contributed by atoms with Crippen molar-refractivity contribution in [1.82, 2.24) is 9.55 Å². The maximum atomic E-state index is 13.7. The zero-order chi connectivity index (χ0) is 23.7. The molecule has 1 aromatic heterocycles. The summed E-state index contributed by atoms with van der Waals surface area (Å²) >= 11 is 12.5. The van der Waals surface area contributed by atoms with Gasteiger partial charge in [0.25, 0.3) is 5.56 Å². The van der Waals surface area contributed by atoms with Gasteiger partial charge in [-0.15, -0.1) is 0 Å². The number of ether oxygens (including phenoxy) is 1. The molecule has 0 unspecified atom stereocenters. The van der Waals surface area contributed by atoms with Crippen molar-refractivity contribution >= 4 is 34.9 Å². The number of benzene rings is 2. The highest BCUT2D eigenvalue weighted by molar-refractivity contribution is 6.36. The van der Waals surface area contributed by atoms with Crippen LogP contribution in [0.25, 0.3) is 11.4 Å². The second-order valence-electron chi connectivity index (χ2n) is 7.96. The molecule has 0 amide bonds. The number of rotatable bonds is 6. The molecule has 1 N–H and O–H groups in total. The Labute approximate surface area is 202 Å². The summed E-state index contributed by atoms with van der Waals surface area (Å²) in [6.45, 7) is 5.64. The van der Waals surface area contributed by atoms with E-state index in [0.717, 1.165) is 11.1 Å². The van der Waals surface area contributed by atoms with Crippen LogP contribution in [0.5, 0.6) is 0 Å². The number of halogens is 2. The number of anilines is 1. The molecule has 6 nitrogen and oxygen atoms in total. The lowest BCUT2D eigenvalue weighted by atomic mass is 10.1. The third-order valence-electron chi connectivity index (χ3n) is 5.87. The number of aromatic nitrogens is 2. The van der Waals surface area contributed by atoms with E-state index >= 15 is 0 Å². The van der Waals surface area contributed by atoms with E-state index in [1.165, 1.54) is 6.92 Å². The highest BCUT2D eigenvalue weighted by Gasteiger charge is 2.36. The highest BCUT2D eigenvalue weighted by atomic mass is 35.5. The van der Waals surface area contributed by atoms with Crippen LogP contribution in [0.3, 0.4) is 0 Å². The average molecular weight is 486 g/mol. The fourth-order valence-corrected chi connectivity index (χ4v) is 4.87. The Hall–Kier alpha value is -2.83. The molecule has 4 rings (SSSR count). The number of nitrogens with one attached hydrogen (secondary N) is 1. The molecule has 0 radical (unpaired) electrons. The van der Waals surface area contributed by atoms with Crippen LogP contribution >= 0.6 is 23.2 Å². The van der Waals surface area contributed by atoms with Crippen LogP contribution in [0.1, 0.15) is 43.6 Å². The van der Waals surface area contributed by atoms with Crippen LogP contribution in [0.4, 0.5) is 5.69 Å². The van der Waals surface area contributed by atoms with Gasteiger partial charge in [-0.3, -0.25) is 14.2 Å². The molecule has 0 saturated heterocycles. The summed E-state index contributed by atoms with van der Waals surface area (Å²) in [7, 11) is 0. The maximum Gasteiger partial charge on any atom is 0.302 e. The van der Waals surface area contributed by atoms with Crippen molar-refractivity contribution in [2.45, 2.75) is 52.3 Å². The molecule has 0 bridgehead atoms. The summed E-state index contributed by atoms with van der Waals surface area (Å²) in [6, 6.07) is 12.7. The average Bonchev–Trinajstić information content (AvgIpc) is 3.11. The van der Waals surface area contributed by atoms with E-state index in [1.807, 2.05) is 38.1 Å². The Morgan fingerprint density at radius 1 is 1.21 bits per heavy atom. The number of fused-ring (bicyclic) bond motifs is 1. The number of nitrogens with zero attached hydrogens (tertiary/aromatic N) is 2.